The van der Waals surface area contributed by atoms with E-state index in [9.17, 15) is 4.79 Å². The van der Waals surface area contributed by atoms with Crippen molar-refractivity contribution < 1.29 is 14.3 Å². The van der Waals surface area contributed by atoms with Gasteiger partial charge in [0.1, 0.15) is 11.5 Å². The minimum Gasteiger partial charge on any atom is -0.497 e. The molecule has 0 saturated carbocycles. The predicted molar refractivity (Wildman–Crippen MR) is 108 cm³/mol. The van der Waals surface area contributed by atoms with E-state index < -0.39 is 0 Å². The maximum absolute atomic E-state index is 12.5. The maximum atomic E-state index is 12.5. The Kier molecular flexibility index (Phi) is 6.06. The van der Waals surface area contributed by atoms with Crippen molar-refractivity contribution in [2.24, 2.45) is 0 Å². The van der Waals surface area contributed by atoms with Gasteiger partial charge in [0.05, 0.1) is 14.2 Å². The van der Waals surface area contributed by atoms with Crippen LogP contribution in [0.15, 0.2) is 60.7 Å². The van der Waals surface area contributed by atoms with Crippen molar-refractivity contribution in [2.75, 3.05) is 31.5 Å². The second-order valence-electron chi connectivity index (χ2n) is 6.17. The van der Waals surface area contributed by atoms with Crippen molar-refractivity contribution in [3.63, 3.8) is 0 Å². The summed E-state index contributed by atoms with van der Waals surface area (Å²) in [5.41, 5.74) is 1.58. The molecule has 1 aromatic heterocycles. The number of nitrogens with one attached hydrogen (secondary N) is 1. The number of ether oxygens (including phenoxy) is 2. The summed E-state index contributed by atoms with van der Waals surface area (Å²) in [7, 11) is 5.01. The van der Waals surface area contributed by atoms with Gasteiger partial charge in [-0.05, 0) is 29.8 Å². The van der Waals surface area contributed by atoms with E-state index in [2.05, 4.69) is 27.6 Å². The summed E-state index contributed by atoms with van der Waals surface area (Å²) in [5, 5.41) is 11.0. The number of hydrogen-bond donors (Lipinski definition) is 1. The van der Waals surface area contributed by atoms with E-state index in [-0.39, 0.29) is 5.91 Å². The number of carbonyl (C=O) groups excluding carboxylic acids is 1. The van der Waals surface area contributed by atoms with Gasteiger partial charge in [0.25, 0.3) is 5.91 Å². The zero-order valence-electron chi connectivity index (χ0n) is 16.0. The molecule has 7 nitrogen and oxygen atoms in total. The number of benzene rings is 2. The summed E-state index contributed by atoms with van der Waals surface area (Å²) < 4.78 is 10.4. The Balaban J connectivity index is 1.68. The van der Waals surface area contributed by atoms with E-state index in [1.54, 1.807) is 24.3 Å². The Morgan fingerprint density at radius 1 is 0.964 bits per heavy atom. The van der Waals surface area contributed by atoms with Gasteiger partial charge < -0.3 is 19.7 Å². The third-order valence-corrected chi connectivity index (χ3v) is 4.16. The lowest BCUT2D eigenvalue weighted by atomic mass is 10.2. The second-order valence-corrected chi connectivity index (χ2v) is 6.17. The molecule has 3 aromatic rings. The fourth-order valence-electron chi connectivity index (χ4n) is 2.66. The van der Waals surface area contributed by atoms with Gasteiger partial charge >= 0.3 is 0 Å². The highest BCUT2D eigenvalue weighted by molar-refractivity contribution is 6.04. The van der Waals surface area contributed by atoms with Crippen LogP contribution in [-0.4, -0.2) is 37.4 Å². The Bertz CT molecular complexity index is 908. The van der Waals surface area contributed by atoms with Crippen LogP contribution in [0.5, 0.6) is 11.5 Å². The lowest BCUT2D eigenvalue weighted by molar-refractivity contribution is 0.102. The Morgan fingerprint density at radius 2 is 1.64 bits per heavy atom. The van der Waals surface area contributed by atoms with E-state index in [4.69, 9.17) is 9.47 Å². The monoisotopic (exact) mass is 378 g/mol. The number of hydrogen-bond acceptors (Lipinski definition) is 6. The van der Waals surface area contributed by atoms with Gasteiger partial charge in [0.2, 0.25) is 0 Å². The van der Waals surface area contributed by atoms with Crippen molar-refractivity contribution in [1.82, 2.24) is 10.2 Å². The molecule has 1 amide bonds. The smallest absolute Gasteiger partial charge is 0.257 e. The third-order valence-electron chi connectivity index (χ3n) is 4.16. The second kappa shape index (κ2) is 8.85. The number of anilines is 2. The van der Waals surface area contributed by atoms with Crippen molar-refractivity contribution >= 4 is 17.5 Å². The first-order valence-corrected chi connectivity index (χ1v) is 8.72. The lowest BCUT2D eigenvalue weighted by Gasteiger charge is -2.17. The predicted octanol–water partition coefficient (Wildman–Crippen LogP) is 3.38. The topological polar surface area (TPSA) is 76.6 Å². The van der Waals surface area contributed by atoms with Gasteiger partial charge in [-0.15, -0.1) is 10.2 Å². The van der Waals surface area contributed by atoms with Gasteiger partial charge in [-0.2, -0.15) is 0 Å². The van der Waals surface area contributed by atoms with Gasteiger partial charge in [0, 0.05) is 25.2 Å². The van der Waals surface area contributed by atoms with E-state index in [1.165, 1.54) is 19.8 Å². The normalized spacial score (nSPS) is 10.2. The SMILES string of the molecule is COc1cc(OC)cc(C(=O)Nc2ccc(N(C)Cc3ccccc3)nn2)c1. The van der Waals surface area contributed by atoms with Crippen LogP contribution in [-0.2, 0) is 6.54 Å². The quantitative estimate of drug-likeness (QED) is 0.679. The van der Waals surface area contributed by atoms with E-state index >= 15 is 0 Å². The molecule has 0 unspecified atom stereocenters. The highest BCUT2D eigenvalue weighted by atomic mass is 16.5. The number of aromatic nitrogens is 2. The maximum Gasteiger partial charge on any atom is 0.257 e. The molecule has 0 spiro atoms. The summed E-state index contributed by atoms with van der Waals surface area (Å²) in [4.78, 5) is 14.5. The molecule has 0 atom stereocenters. The van der Waals surface area contributed by atoms with Gasteiger partial charge in [-0.1, -0.05) is 30.3 Å². The van der Waals surface area contributed by atoms with Crippen molar-refractivity contribution in [3.8, 4) is 11.5 Å². The first-order valence-electron chi connectivity index (χ1n) is 8.72. The van der Waals surface area contributed by atoms with Crippen LogP contribution in [0.1, 0.15) is 15.9 Å². The first kappa shape index (κ1) is 19.2. The summed E-state index contributed by atoms with van der Waals surface area (Å²) >= 11 is 0. The summed E-state index contributed by atoms with van der Waals surface area (Å²) in [5.74, 6) is 1.83. The summed E-state index contributed by atoms with van der Waals surface area (Å²) in [6, 6.07) is 18.6. The molecule has 0 bridgehead atoms. The number of rotatable bonds is 7. The highest BCUT2D eigenvalue weighted by Crippen LogP contribution is 2.23. The molecule has 0 saturated heterocycles. The molecule has 1 N–H and O–H groups in total. The largest absolute Gasteiger partial charge is 0.497 e. The van der Waals surface area contributed by atoms with Crippen molar-refractivity contribution in [1.29, 1.82) is 0 Å². The molecule has 1 heterocycles. The first-order chi connectivity index (χ1) is 13.6. The molecule has 0 fully saturated rings. The van der Waals surface area contributed by atoms with Crippen molar-refractivity contribution in [3.05, 3.63) is 71.8 Å². The fraction of sp³-hybridized carbons (Fsp3) is 0.190. The zero-order valence-corrected chi connectivity index (χ0v) is 16.0. The van der Waals surface area contributed by atoms with Crippen LogP contribution in [0.3, 0.4) is 0 Å². The number of methoxy groups -OCH3 is 2. The molecule has 7 heteroatoms. The average Bonchev–Trinajstić information content (AvgIpc) is 2.74. The summed E-state index contributed by atoms with van der Waals surface area (Å²) in [6.07, 6.45) is 0. The van der Waals surface area contributed by atoms with Crippen LogP contribution in [0.2, 0.25) is 0 Å². The van der Waals surface area contributed by atoms with Gasteiger partial charge in [0.15, 0.2) is 11.6 Å². The molecule has 28 heavy (non-hydrogen) atoms. The Hall–Kier alpha value is -3.61. The fourth-order valence-corrected chi connectivity index (χ4v) is 2.66. The molecule has 0 aliphatic rings. The molecular formula is C21H22N4O3. The lowest BCUT2D eigenvalue weighted by Crippen LogP contribution is -2.19. The Labute approximate surface area is 163 Å². The zero-order chi connectivity index (χ0) is 19.9. The molecule has 2 aromatic carbocycles. The standard InChI is InChI=1S/C21H22N4O3/c1-25(14-15-7-5-4-6-8-15)20-10-9-19(23-24-20)22-21(26)16-11-17(27-2)13-18(12-16)28-3/h4-13H,14H2,1-3H3,(H,22,23,26). The molecule has 3 rings (SSSR count). The van der Waals surface area contributed by atoms with E-state index in [1.807, 2.05) is 36.2 Å². The Morgan fingerprint density at radius 3 is 2.21 bits per heavy atom. The molecule has 0 aliphatic carbocycles. The average molecular weight is 378 g/mol. The van der Waals surface area contributed by atoms with Gasteiger partial charge in [-0.25, -0.2) is 0 Å². The van der Waals surface area contributed by atoms with Gasteiger partial charge in [-0.3, -0.25) is 4.79 Å². The molecule has 0 aliphatic heterocycles. The van der Waals surface area contributed by atoms with Crippen molar-refractivity contribution in [2.45, 2.75) is 6.54 Å². The highest BCUT2D eigenvalue weighted by Gasteiger charge is 2.12. The third kappa shape index (κ3) is 4.76. The van der Waals surface area contributed by atoms with E-state index in [0.29, 0.717) is 35.2 Å². The van der Waals surface area contributed by atoms with Crippen LogP contribution < -0.4 is 19.7 Å². The number of carbonyl (C=O) groups is 1. The number of nitrogens with zero attached hydrogens (tertiary/aromatic N) is 3. The molecule has 144 valence electrons. The van der Waals surface area contributed by atoms with Crippen LogP contribution in [0.4, 0.5) is 11.6 Å². The minimum absolute atomic E-state index is 0.322. The van der Waals surface area contributed by atoms with Crippen LogP contribution >= 0.6 is 0 Å². The minimum atomic E-state index is -0.322. The summed E-state index contributed by atoms with van der Waals surface area (Å²) in [6.45, 7) is 0.713. The van der Waals surface area contributed by atoms with Crippen LogP contribution in [0, 0.1) is 0 Å². The van der Waals surface area contributed by atoms with E-state index in [0.717, 1.165) is 0 Å². The molecular weight excluding hydrogens is 356 g/mol. The molecule has 0 radical (unpaired) electrons. The number of amides is 1. The van der Waals surface area contributed by atoms with Crippen LogP contribution in [0.25, 0.3) is 0 Å².